The predicted octanol–water partition coefficient (Wildman–Crippen LogP) is 4.58. The lowest BCUT2D eigenvalue weighted by Gasteiger charge is -2.25. The van der Waals surface area contributed by atoms with Crippen molar-refractivity contribution in [1.29, 1.82) is 0 Å². The lowest BCUT2D eigenvalue weighted by Crippen LogP contribution is -2.29. The molecule has 0 aromatic heterocycles. The first-order chi connectivity index (χ1) is 15.4. The molecule has 6 nitrogen and oxygen atoms in total. The highest BCUT2D eigenvalue weighted by Gasteiger charge is 2.46. The summed E-state index contributed by atoms with van der Waals surface area (Å²) >= 11 is 0. The van der Waals surface area contributed by atoms with E-state index >= 15 is 0 Å². The van der Waals surface area contributed by atoms with Gasteiger partial charge in [-0.2, -0.15) is 0 Å². The van der Waals surface area contributed by atoms with Gasteiger partial charge in [-0.1, -0.05) is 60.2 Å². The van der Waals surface area contributed by atoms with E-state index in [-0.39, 0.29) is 17.2 Å². The lowest BCUT2D eigenvalue weighted by molar-refractivity contribution is -0.132. The summed E-state index contributed by atoms with van der Waals surface area (Å²) < 4.78 is 0. The number of Topliss-reactive ketones (excluding diaryl/α,β-unsaturated/α-hetero) is 1. The van der Waals surface area contributed by atoms with Crippen molar-refractivity contribution in [2.24, 2.45) is 0 Å². The minimum atomic E-state index is -0.788. The second kappa shape index (κ2) is 8.51. The van der Waals surface area contributed by atoms with E-state index in [2.05, 4.69) is 5.32 Å². The van der Waals surface area contributed by atoms with Crippen LogP contribution in [0.1, 0.15) is 29.7 Å². The number of benzene rings is 3. The zero-order chi connectivity index (χ0) is 22.8. The van der Waals surface area contributed by atoms with Crippen molar-refractivity contribution in [2.75, 3.05) is 10.2 Å². The molecule has 32 heavy (non-hydrogen) atoms. The standard InChI is InChI=1S/C26H22N2O4/c1-16-8-10-19(11-9-16)24(30)22-23(18-6-4-3-5-7-18)28(26(32)25(22)31)21-14-12-20(13-15-21)27-17(2)29/h3-15,23,30H,1-2H3,(H,27,29)/t23-/m1/s1. The fraction of sp³-hybridized carbons (Fsp3) is 0.115. The first kappa shape index (κ1) is 21.1. The molecule has 6 heteroatoms. The van der Waals surface area contributed by atoms with Crippen molar-refractivity contribution in [1.82, 2.24) is 0 Å². The summed E-state index contributed by atoms with van der Waals surface area (Å²) in [6.45, 7) is 3.34. The van der Waals surface area contributed by atoms with Gasteiger partial charge in [0.15, 0.2) is 0 Å². The molecule has 1 aliphatic rings. The Balaban J connectivity index is 1.85. The number of aryl methyl sites for hydroxylation is 1. The average molecular weight is 426 g/mol. The molecular formula is C26H22N2O4. The molecule has 1 atom stereocenters. The van der Waals surface area contributed by atoms with E-state index in [1.165, 1.54) is 11.8 Å². The van der Waals surface area contributed by atoms with Crippen molar-refractivity contribution in [2.45, 2.75) is 19.9 Å². The Labute approximate surface area is 185 Å². The van der Waals surface area contributed by atoms with Gasteiger partial charge in [-0.25, -0.2) is 0 Å². The molecule has 3 aromatic carbocycles. The first-order valence-corrected chi connectivity index (χ1v) is 10.2. The molecule has 160 valence electrons. The molecule has 1 fully saturated rings. The summed E-state index contributed by atoms with van der Waals surface area (Å²) in [5.74, 6) is -1.89. The van der Waals surface area contributed by atoms with E-state index in [0.29, 0.717) is 22.5 Å². The molecule has 1 aliphatic heterocycles. The number of hydrogen-bond donors (Lipinski definition) is 2. The van der Waals surface area contributed by atoms with Crippen LogP contribution in [0, 0.1) is 6.92 Å². The lowest BCUT2D eigenvalue weighted by atomic mass is 9.95. The van der Waals surface area contributed by atoms with Gasteiger partial charge in [0.05, 0.1) is 11.6 Å². The van der Waals surface area contributed by atoms with Crippen LogP contribution in [-0.2, 0) is 14.4 Å². The highest BCUT2D eigenvalue weighted by atomic mass is 16.3. The number of rotatable bonds is 4. The van der Waals surface area contributed by atoms with Crippen LogP contribution < -0.4 is 10.2 Å². The molecule has 1 heterocycles. The fourth-order valence-corrected chi connectivity index (χ4v) is 3.83. The van der Waals surface area contributed by atoms with Crippen LogP contribution in [0.25, 0.3) is 5.76 Å². The zero-order valence-corrected chi connectivity index (χ0v) is 17.7. The summed E-state index contributed by atoms with van der Waals surface area (Å²) in [6.07, 6.45) is 0. The Bertz CT molecular complexity index is 1210. The molecule has 1 saturated heterocycles. The number of hydrogen-bond acceptors (Lipinski definition) is 4. The van der Waals surface area contributed by atoms with Crippen LogP contribution in [-0.4, -0.2) is 22.7 Å². The number of aliphatic hydroxyl groups excluding tert-OH is 1. The number of nitrogens with zero attached hydrogens (tertiary/aromatic N) is 1. The third kappa shape index (κ3) is 3.90. The van der Waals surface area contributed by atoms with E-state index < -0.39 is 17.7 Å². The second-order valence-corrected chi connectivity index (χ2v) is 7.67. The number of nitrogens with one attached hydrogen (secondary N) is 1. The number of carbonyl (C=O) groups excluding carboxylic acids is 3. The van der Waals surface area contributed by atoms with Crippen LogP contribution >= 0.6 is 0 Å². The van der Waals surface area contributed by atoms with Crippen LogP contribution in [0.3, 0.4) is 0 Å². The maximum atomic E-state index is 13.1. The summed E-state index contributed by atoms with van der Waals surface area (Å²) in [5, 5.41) is 13.8. The van der Waals surface area contributed by atoms with Crippen molar-refractivity contribution < 1.29 is 19.5 Å². The van der Waals surface area contributed by atoms with Crippen LogP contribution in [0.15, 0.2) is 84.4 Å². The van der Waals surface area contributed by atoms with Crippen molar-refractivity contribution in [3.8, 4) is 0 Å². The van der Waals surface area contributed by atoms with Gasteiger partial charge in [0.2, 0.25) is 5.91 Å². The molecule has 0 saturated carbocycles. The maximum Gasteiger partial charge on any atom is 0.300 e. The Hall–Kier alpha value is -4.19. The third-order valence-corrected chi connectivity index (χ3v) is 5.35. The molecule has 0 aliphatic carbocycles. The maximum absolute atomic E-state index is 13.1. The summed E-state index contributed by atoms with van der Waals surface area (Å²) in [4.78, 5) is 38.9. The number of anilines is 2. The molecule has 3 aromatic rings. The Morgan fingerprint density at radius 1 is 0.906 bits per heavy atom. The molecular weight excluding hydrogens is 404 g/mol. The van der Waals surface area contributed by atoms with Gasteiger partial charge in [-0.05, 0) is 36.8 Å². The van der Waals surface area contributed by atoms with Gasteiger partial charge in [-0.15, -0.1) is 0 Å². The van der Waals surface area contributed by atoms with Gasteiger partial charge in [0.1, 0.15) is 5.76 Å². The average Bonchev–Trinajstić information content (AvgIpc) is 3.05. The number of amides is 2. The van der Waals surface area contributed by atoms with Crippen LogP contribution in [0.4, 0.5) is 11.4 Å². The van der Waals surface area contributed by atoms with Gasteiger partial charge in [-0.3, -0.25) is 19.3 Å². The normalized spacial score (nSPS) is 17.4. The van der Waals surface area contributed by atoms with Crippen molar-refractivity contribution in [3.63, 3.8) is 0 Å². The highest BCUT2D eigenvalue weighted by Crippen LogP contribution is 2.42. The fourth-order valence-electron chi connectivity index (χ4n) is 3.83. The predicted molar refractivity (Wildman–Crippen MR) is 123 cm³/mol. The Kier molecular flexibility index (Phi) is 5.60. The van der Waals surface area contributed by atoms with E-state index in [4.69, 9.17) is 0 Å². The molecule has 0 bridgehead atoms. The molecule has 2 N–H and O–H groups in total. The van der Waals surface area contributed by atoms with Gasteiger partial charge in [0.25, 0.3) is 11.7 Å². The molecule has 0 radical (unpaired) electrons. The molecule has 2 amide bonds. The van der Waals surface area contributed by atoms with E-state index in [1.807, 2.05) is 49.4 Å². The Morgan fingerprint density at radius 3 is 2.12 bits per heavy atom. The number of aliphatic hydroxyl groups is 1. The van der Waals surface area contributed by atoms with Crippen LogP contribution in [0.2, 0.25) is 0 Å². The first-order valence-electron chi connectivity index (χ1n) is 10.2. The summed E-state index contributed by atoms with van der Waals surface area (Å²) in [5.41, 5.74) is 3.28. The summed E-state index contributed by atoms with van der Waals surface area (Å²) in [7, 11) is 0. The largest absolute Gasteiger partial charge is 0.507 e. The highest BCUT2D eigenvalue weighted by molar-refractivity contribution is 6.51. The van der Waals surface area contributed by atoms with Crippen LogP contribution in [0.5, 0.6) is 0 Å². The monoisotopic (exact) mass is 426 g/mol. The third-order valence-electron chi connectivity index (χ3n) is 5.35. The topological polar surface area (TPSA) is 86.7 Å². The summed E-state index contributed by atoms with van der Waals surface area (Å²) in [6, 6.07) is 22.1. The Morgan fingerprint density at radius 2 is 1.53 bits per heavy atom. The van der Waals surface area contributed by atoms with E-state index in [1.54, 1.807) is 36.4 Å². The van der Waals surface area contributed by atoms with Gasteiger partial charge >= 0.3 is 0 Å². The minimum absolute atomic E-state index is 0.0380. The van der Waals surface area contributed by atoms with Crippen molar-refractivity contribution >= 4 is 34.7 Å². The smallest absolute Gasteiger partial charge is 0.300 e. The second-order valence-electron chi connectivity index (χ2n) is 7.67. The molecule has 0 spiro atoms. The molecule has 0 unspecified atom stereocenters. The molecule has 4 rings (SSSR count). The van der Waals surface area contributed by atoms with E-state index in [0.717, 1.165) is 5.56 Å². The van der Waals surface area contributed by atoms with Gasteiger partial charge < -0.3 is 10.4 Å². The quantitative estimate of drug-likeness (QED) is 0.363. The minimum Gasteiger partial charge on any atom is -0.507 e. The number of ketones is 1. The van der Waals surface area contributed by atoms with E-state index in [9.17, 15) is 19.5 Å². The zero-order valence-electron chi connectivity index (χ0n) is 17.7. The number of carbonyl (C=O) groups is 3. The van der Waals surface area contributed by atoms with Gasteiger partial charge in [0, 0.05) is 23.9 Å². The SMILES string of the molecule is CC(=O)Nc1ccc(N2C(=O)C(=O)C(=C(O)c3ccc(C)cc3)[C@H]2c2ccccc2)cc1. The van der Waals surface area contributed by atoms with Crippen molar-refractivity contribution in [3.05, 3.63) is 101 Å².